The predicted octanol–water partition coefficient (Wildman–Crippen LogP) is 4.97. The number of aliphatic hydroxyl groups excluding tert-OH is 1. The van der Waals surface area contributed by atoms with Crippen molar-refractivity contribution < 1.29 is 38.1 Å². The number of aliphatic hydroxyl groups is 1. The van der Waals surface area contributed by atoms with E-state index >= 15 is 0 Å². The first kappa shape index (κ1) is 24.0. The van der Waals surface area contributed by atoms with E-state index in [9.17, 15) is 28.6 Å². The Kier molecular flexibility index (Phi) is 6.36. The number of halogens is 3. The van der Waals surface area contributed by atoms with Gasteiger partial charge in [-0.25, -0.2) is 8.78 Å². The van der Waals surface area contributed by atoms with Gasteiger partial charge in [0.05, 0.1) is 36.4 Å². The van der Waals surface area contributed by atoms with Crippen LogP contribution in [0.1, 0.15) is 17.2 Å². The van der Waals surface area contributed by atoms with Gasteiger partial charge in [0.1, 0.15) is 23.0 Å². The SMILES string of the molecule is COc1cc(/C(O)=C2\C(=O)C(=O)N(c3ccc(F)c(F)c3)C2c2ccc(O)cc2)c(OC)cc1Cl. The fourth-order valence-electron chi connectivity index (χ4n) is 3.90. The average Bonchev–Trinajstić information content (AvgIpc) is 3.11. The van der Waals surface area contributed by atoms with Gasteiger partial charge < -0.3 is 19.7 Å². The molecule has 1 amide bonds. The highest BCUT2D eigenvalue weighted by molar-refractivity contribution is 6.51. The maximum Gasteiger partial charge on any atom is 0.300 e. The molecule has 0 saturated carbocycles. The average molecular weight is 502 g/mol. The Bertz CT molecular complexity index is 1370. The number of carbonyl (C=O) groups excluding carboxylic acids is 2. The first-order chi connectivity index (χ1) is 16.7. The number of anilines is 1. The largest absolute Gasteiger partial charge is 0.508 e. The second-order valence-corrected chi connectivity index (χ2v) is 7.95. The number of carbonyl (C=O) groups is 2. The van der Waals surface area contributed by atoms with Crippen LogP contribution in [-0.4, -0.2) is 36.1 Å². The number of hydrogen-bond acceptors (Lipinski definition) is 6. The van der Waals surface area contributed by atoms with Crippen molar-refractivity contribution in [2.24, 2.45) is 0 Å². The van der Waals surface area contributed by atoms with Crippen LogP contribution in [-0.2, 0) is 9.59 Å². The molecule has 0 radical (unpaired) electrons. The molecule has 3 aromatic carbocycles. The predicted molar refractivity (Wildman–Crippen MR) is 124 cm³/mol. The first-order valence-corrected chi connectivity index (χ1v) is 10.5. The van der Waals surface area contributed by atoms with E-state index in [0.29, 0.717) is 5.56 Å². The van der Waals surface area contributed by atoms with Crippen molar-refractivity contribution in [2.45, 2.75) is 6.04 Å². The van der Waals surface area contributed by atoms with Crippen LogP contribution in [0.25, 0.3) is 5.76 Å². The van der Waals surface area contributed by atoms with Gasteiger partial charge in [-0.05, 0) is 35.9 Å². The van der Waals surface area contributed by atoms with Crippen LogP contribution in [0.2, 0.25) is 5.02 Å². The second kappa shape index (κ2) is 9.27. The molecular weight excluding hydrogens is 484 g/mol. The molecule has 7 nitrogen and oxygen atoms in total. The van der Waals surface area contributed by atoms with Gasteiger partial charge in [0.2, 0.25) is 0 Å². The number of amides is 1. The summed E-state index contributed by atoms with van der Waals surface area (Å²) in [5, 5.41) is 21.2. The van der Waals surface area contributed by atoms with Crippen molar-refractivity contribution in [3.63, 3.8) is 0 Å². The van der Waals surface area contributed by atoms with Gasteiger partial charge >= 0.3 is 0 Å². The summed E-state index contributed by atoms with van der Waals surface area (Å²) in [6, 6.07) is 9.74. The summed E-state index contributed by atoms with van der Waals surface area (Å²) in [5.41, 5.74) is -0.120. The standard InChI is InChI=1S/C25H18ClF2NO6/c1-34-19-11-16(26)20(35-2)10-15(19)23(31)21-22(12-3-6-14(30)7-4-12)29(25(33)24(21)32)13-5-8-17(27)18(28)9-13/h3-11,22,30-31H,1-2H3/b23-21+. The fraction of sp³-hybridized carbons (Fsp3) is 0.120. The molecule has 10 heteroatoms. The second-order valence-electron chi connectivity index (χ2n) is 7.55. The Morgan fingerprint density at radius 3 is 2.20 bits per heavy atom. The van der Waals surface area contributed by atoms with Gasteiger partial charge in [-0.1, -0.05) is 23.7 Å². The maximum absolute atomic E-state index is 14.0. The third-order valence-corrected chi connectivity index (χ3v) is 5.86. The zero-order valence-electron chi connectivity index (χ0n) is 18.4. The summed E-state index contributed by atoms with van der Waals surface area (Å²) in [4.78, 5) is 27.3. The minimum absolute atomic E-state index is 0.0146. The number of ketones is 1. The van der Waals surface area contributed by atoms with E-state index in [1.54, 1.807) is 0 Å². The number of aromatic hydroxyl groups is 1. The summed E-state index contributed by atoms with van der Waals surface area (Å²) in [6.45, 7) is 0. The van der Waals surface area contributed by atoms with Crippen LogP contribution in [0.4, 0.5) is 14.5 Å². The molecule has 2 N–H and O–H groups in total. The summed E-state index contributed by atoms with van der Waals surface area (Å²) < 4.78 is 38.1. The normalized spacial score (nSPS) is 17.1. The lowest BCUT2D eigenvalue weighted by Gasteiger charge is -2.25. The van der Waals surface area contributed by atoms with E-state index < -0.39 is 35.1 Å². The number of benzene rings is 3. The summed E-state index contributed by atoms with van der Waals surface area (Å²) in [5.74, 6) is -4.91. The molecule has 4 rings (SSSR count). The highest BCUT2D eigenvalue weighted by atomic mass is 35.5. The Hall–Kier alpha value is -4.11. The summed E-state index contributed by atoms with van der Waals surface area (Å²) in [7, 11) is 2.68. The van der Waals surface area contributed by atoms with Crippen LogP contribution in [0.5, 0.6) is 17.2 Å². The zero-order chi connectivity index (χ0) is 25.4. The number of hydrogen-bond donors (Lipinski definition) is 2. The third kappa shape index (κ3) is 4.15. The van der Waals surface area contributed by atoms with Crippen LogP contribution in [0.3, 0.4) is 0 Å². The third-order valence-electron chi connectivity index (χ3n) is 5.56. The molecule has 0 spiro atoms. The number of nitrogens with zero attached hydrogens (tertiary/aromatic N) is 1. The summed E-state index contributed by atoms with van der Waals surface area (Å²) in [6.07, 6.45) is 0. The number of methoxy groups -OCH3 is 2. The van der Waals surface area contributed by atoms with E-state index in [0.717, 1.165) is 23.1 Å². The van der Waals surface area contributed by atoms with Gasteiger partial charge in [0.25, 0.3) is 11.7 Å². The Balaban J connectivity index is 2.00. The van der Waals surface area contributed by atoms with Crippen LogP contribution in [0.15, 0.2) is 60.2 Å². The van der Waals surface area contributed by atoms with E-state index in [-0.39, 0.29) is 39.1 Å². The molecule has 35 heavy (non-hydrogen) atoms. The van der Waals surface area contributed by atoms with E-state index in [2.05, 4.69) is 0 Å². The molecule has 0 aliphatic carbocycles. The van der Waals surface area contributed by atoms with Crippen LogP contribution >= 0.6 is 11.6 Å². The van der Waals surface area contributed by atoms with Crippen molar-refractivity contribution in [3.05, 3.63) is 88.0 Å². The van der Waals surface area contributed by atoms with Crippen molar-refractivity contribution >= 4 is 34.7 Å². The highest BCUT2D eigenvalue weighted by Gasteiger charge is 2.47. The Labute approximate surface area is 203 Å². The van der Waals surface area contributed by atoms with E-state index in [4.69, 9.17) is 21.1 Å². The minimum atomic E-state index is -1.24. The van der Waals surface area contributed by atoms with Gasteiger partial charge in [-0.15, -0.1) is 0 Å². The lowest BCUT2D eigenvalue weighted by Crippen LogP contribution is -2.29. The molecule has 1 atom stereocenters. The number of phenolic OH excluding ortho intramolecular Hbond substituents is 1. The van der Waals surface area contributed by atoms with Crippen LogP contribution in [0, 0.1) is 11.6 Å². The number of rotatable bonds is 5. The molecule has 1 aliphatic heterocycles. The smallest absolute Gasteiger partial charge is 0.300 e. The molecule has 1 unspecified atom stereocenters. The van der Waals surface area contributed by atoms with Gasteiger partial charge in [-0.2, -0.15) is 0 Å². The topological polar surface area (TPSA) is 96.3 Å². The van der Waals surface area contributed by atoms with Crippen molar-refractivity contribution in [1.29, 1.82) is 0 Å². The van der Waals surface area contributed by atoms with Crippen molar-refractivity contribution in [3.8, 4) is 17.2 Å². The fourth-order valence-corrected chi connectivity index (χ4v) is 4.13. The lowest BCUT2D eigenvalue weighted by molar-refractivity contribution is -0.132. The highest BCUT2D eigenvalue weighted by Crippen LogP contribution is 2.45. The molecular formula is C25H18ClF2NO6. The quantitative estimate of drug-likeness (QED) is 0.291. The van der Waals surface area contributed by atoms with Crippen molar-refractivity contribution in [2.75, 3.05) is 19.1 Å². The molecule has 0 aromatic heterocycles. The molecule has 180 valence electrons. The van der Waals surface area contributed by atoms with Gasteiger partial charge in [0, 0.05) is 17.8 Å². The maximum atomic E-state index is 14.0. The van der Waals surface area contributed by atoms with Gasteiger partial charge in [0.15, 0.2) is 11.6 Å². The number of ether oxygens (including phenoxy) is 2. The molecule has 1 heterocycles. The molecule has 1 saturated heterocycles. The zero-order valence-corrected chi connectivity index (χ0v) is 19.1. The summed E-state index contributed by atoms with van der Waals surface area (Å²) >= 11 is 6.14. The molecule has 1 aliphatic rings. The first-order valence-electron chi connectivity index (χ1n) is 10.1. The minimum Gasteiger partial charge on any atom is -0.508 e. The van der Waals surface area contributed by atoms with Crippen molar-refractivity contribution in [1.82, 2.24) is 0 Å². The van der Waals surface area contributed by atoms with Gasteiger partial charge in [-0.3, -0.25) is 14.5 Å². The Morgan fingerprint density at radius 1 is 0.943 bits per heavy atom. The number of phenols is 1. The molecule has 3 aromatic rings. The number of Topliss-reactive ketones (excluding diaryl/α,β-unsaturated/α-hetero) is 1. The van der Waals surface area contributed by atoms with E-state index in [1.165, 1.54) is 50.6 Å². The Morgan fingerprint density at radius 2 is 1.60 bits per heavy atom. The molecule has 0 bridgehead atoms. The molecule has 1 fully saturated rings. The van der Waals surface area contributed by atoms with E-state index in [1.807, 2.05) is 0 Å². The lowest BCUT2D eigenvalue weighted by atomic mass is 9.94. The monoisotopic (exact) mass is 501 g/mol. The van der Waals surface area contributed by atoms with Crippen LogP contribution < -0.4 is 14.4 Å².